The van der Waals surface area contributed by atoms with E-state index in [0.29, 0.717) is 5.57 Å². The molecule has 0 unspecified atom stereocenters. The standard InChI is InChI=1S/C4H8N2/c1-3(2)4(5)6/h1H2,2H3,(H3,5,6). The molecule has 34 valence electrons. The number of rotatable bonds is 1. The molecule has 0 atom stereocenters. The van der Waals surface area contributed by atoms with Crippen LogP contribution >= 0.6 is 0 Å². The molecule has 0 aromatic rings. The molecule has 2 nitrogen and oxygen atoms in total. The molecule has 0 aromatic heterocycles. The van der Waals surface area contributed by atoms with Gasteiger partial charge in [-0.1, -0.05) is 6.58 Å². The lowest BCUT2D eigenvalue weighted by Gasteiger charge is -1.86. The number of amidine groups is 1. The van der Waals surface area contributed by atoms with Crippen LogP contribution in [-0.2, 0) is 0 Å². The maximum Gasteiger partial charge on any atom is 0.117 e. The van der Waals surface area contributed by atoms with Gasteiger partial charge in [-0.3, -0.25) is 5.41 Å². The van der Waals surface area contributed by atoms with Crippen LogP contribution < -0.4 is 5.73 Å². The van der Waals surface area contributed by atoms with Crippen molar-refractivity contribution in [2.45, 2.75) is 6.92 Å². The molecule has 0 aliphatic rings. The second-order valence-electron chi connectivity index (χ2n) is 1.19. The second-order valence-corrected chi connectivity index (χ2v) is 1.19. The molecular formula is C4H8N2. The van der Waals surface area contributed by atoms with Crippen molar-refractivity contribution in [2.75, 3.05) is 0 Å². The largest absolute Gasteiger partial charge is 0.384 e. The molecule has 0 fully saturated rings. The van der Waals surface area contributed by atoms with Crippen LogP contribution in [0.25, 0.3) is 0 Å². The van der Waals surface area contributed by atoms with Crippen molar-refractivity contribution >= 4 is 5.84 Å². The molecule has 0 aliphatic carbocycles. The van der Waals surface area contributed by atoms with Gasteiger partial charge in [-0.15, -0.1) is 0 Å². The van der Waals surface area contributed by atoms with Gasteiger partial charge in [0.2, 0.25) is 0 Å². The van der Waals surface area contributed by atoms with Crippen LogP contribution in [0.4, 0.5) is 0 Å². The summed E-state index contributed by atoms with van der Waals surface area (Å²) < 4.78 is 0. The van der Waals surface area contributed by atoms with Crippen molar-refractivity contribution < 1.29 is 0 Å². The number of nitrogens with one attached hydrogen (secondary N) is 1. The van der Waals surface area contributed by atoms with Gasteiger partial charge in [-0.25, -0.2) is 0 Å². The zero-order valence-electron chi connectivity index (χ0n) is 3.78. The molecule has 2 heteroatoms. The lowest BCUT2D eigenvalue weighted by atomic mass is 10.3. The lowest BCUT2D eigenvalue weighted by molar-refractivity contribution is 1.40. The summed E-state index contributed by atoms with van der Waals surface area (Å²) in [5.74, 6) is 0.0648. The summed E-state index contributed by atoms with van der Waals surface area (Å²) in [5.41, 5.74) is 5.54. The fourth-order valence-electron chi connectivity index (χ4n) is 0. The first-order valence-electron chi connectivity index (χ1n) is 1.64. The zero-order valence-corrected chi connectivity index (χ0v) is 3.78. The molecule has 0 heterocycles. The van der Waals surface area contributed by atoms with Crippen LogP contribution in [-0.4, -0.2) is 5.84 Å². The van der Waals surface area contributed by atoms with Crippen molar-refractivity contribution in [3.8, 4) is 0 Å². The predicted octanol–water partition coefficient (Wildman–Crippen LogP) is 0.498. The summed E-state index contributed by atoms with van der Waals surface area (Å²) >= 11 is 0. The Morgan fingerprint density at radius 1 is 1.83 bits per heavy atom. The Morgan fingerprint density at radius 3 is 2.00 bits per heavy atom. The monoisotopic (exact) mass is 84.1 g/mol. The van der Waals surface area contributed by atoms with Crippen LogP contribution in [0.3, 0.4) is 0 Å². The van der Waals surface area contributed by atoms with Crippen LogP contribution in [0.2, 0.25) is 0 Å². The molecule has 0 aromatic carbocycles. The van der Waals surface area contributed by atoms with E-state index in [9.17, 15) is 0 Å². The highest BCUT2D eigenvalue weighted by atomic mass is 14.7. The molecule has 0 spiro atoms. The third kappa shape index (κ3) is 1.52. The Morgan fingerprint density at radius 2 is 2.00 bits per heavy atom. The minimum atomic E-state index is 0.0648. The van der Waals surface area contributed by atoms with E-state index in [1.807, 2.05) is 0 Å². The van der Waals surface area contributed by atoms with E-state index >= 15 is 0 Å². The Labute approximate surface area is 37.2 Å². The van der Waals surface area contributed by atoms with Gasteiger partial charge < -0.3 is 5.73 Å². The summed E-state index contributed by atoms with van der Waals surface area (Å²) in [4.78, 5) is 0. The van der Waals surface area contributed by atoms with Crippen molar-refractivity contribution in [1.29, 1.82) is 5.41 Å². The first-order valence-corrected chi connectivity index (χ1v) is 1.64. The predicted molar refractivity (Wildman–Crippen MR) is 26.7 cm³/mol. The molecule has 0 bridgehead atoms. The summed E-state index contributed by atoms with van der Waals surface area (Å²) in [6, 6.07) is 0. The van der Waals surface area contributed by atoms with Gasteiger partial charge >= 0.3 is 0 Å². The van der Waals surface area contributed by atoms with E-state index in [1.165, 1.54) is 0 Å². The zero-order chi connectivity index (χ0) is 5.15. The molecule has 0 radical (unpaired) electrons. The molecule has 0 aliphatic heterocycles. The van der Waals surface area contributed by atoms with Gasteiger partial charge in [0.25, 0.3) is 0 Å². The third-order valence-corrected chi connectivity index (χ3v) is 0.460. The average Bonchev–Trinajstić information content (AvgIpc) is 1.36. The van der Waals surface area contributed by atoms with E-state index in [-0.39, 0.29) is 5.84 Å². The van der Waals surface area contributed by atoms with Crippen molar-refractivity contribution in [1.82, 2.24) is 0 Å². The van der Waals surface area contributed by atoms with Gasteiger partial charge in [0.15, 0.2) is 0 Å². The average molecular weight is 84.1 g/mol. The second kappa shape index (κ2) is 1.60. The molecule has 3 N–H and O–H groups in total. The van der Waals surface area contributed by atoms with Gasteiger partial charge in [0.05, 0.1) is 0 Å². The maximum absolute atomic E-state index is 6.63. The quantitative estimate of drug-likeness (QED) is 0.352. The van der Waals surface area contributed by atoms with Gasteiger partial charge in [0, 0.05) is 0 Å². The summed E-state index contributed by atoms with van der Waals surface area (Å²) in [6.45, 7) is 5.10. The van der Waals surface area contributed by atoms with Gasteiger partial charge in [0.1, 0.15) is 5.84 Å². The Bertz CT molecular complexity index is 71.5. The summed E-state index contributed by atoms with van der Waals surface area (Å²) in [7, 11) is 0. The van der Waals surface area contributed by atoms with Gasteiger partial charge in [-0.2, -0.15) is 0 Å². The smallest absolute Gasteiger partial charge is 0.117 e. The van der Waals surface area contributed by atoms with E-state index in [1.54, 1.807) is 6.92 Å². The Hall–Kier alpha value is -0.790. The molecule has 0 amide bonds. The van der Waals surface area contributed by atoms with Crippen molar-refractivity contribution in [3.05, 3.63) is 12.2 Å². The van der Waals surface area contributed by atoms with E-state index in [2.05, 4.69) is 6.58 Å². The van der Waals surface area contributed by atoms with Crippen molar-refractivity contribution in [2.24, 2.45) is 5.73 Å². The SMILES string of the molecule is C=C(C)C(=N)N. The minimum Gasteiger partial charge on any atom is -0.384 e. The fraction of sp³-hybridized carbons (Fsp3) is 0.250. The van der Waals surface area contributed by atoms with Gasteiger partial charge in [-0.05, 0) is 12.5 Å². The van der Waals surface area contributed by atoms with E-state index < -0.39 is 0 Å². The van der Waals surface area contributed by atoms with Crippen LogP contribution in [0.1, 0.15) is 6.92 Å². The maximum atomic E-state index is 6.63. The molecule has 0 saturated carbocycles. The highest BCUT2D eigenvalue weighted by Gasteiger charge is 1.80. The molecule has 6 heavy (non-hydrogen) atoms. The summed E-state index contributed by atoms with van der Waals surface area (Å²) in [6.07, 6.45) is 0. The normalized spacial score (nSPS) is 7.50. The highest BCUT2D eigenvalue weighted by molar-refractivity contribution is 5.92. The molecule has 0 rings (SSSR count). The topological polar surface area (TPSA) is 49.9 Å². The van der Waals surface area contributed by atoms with Crippen LogP contribution in [0.15, 0.2) is 12.2 Å². The first-order chi connectivity index (χ1) is 2.64. The number of nitrogens with two attached hydrogens (primary N) is 1. The minimum absolute atomic E-state index is 0.0648. The molecule has 0 saturated heterocycles. The number of hydrogen-bond donors (Lipinski definition) is 2. The van der Waals surface area contributed by atoms with E-state index in [0.717, 1.165) is 0 Å². The Balaban J connectivity index is 3.57. The molecular weight excluding hydrogens is 76.1 g/mol. The van der Waals surface area contributed by atoms with Crippen LogP contribution in [0.5, 0.6) is 0 Å². The van der Waals surface area contributed by atoms with Crippen molar-refractivity contribution in [3.63, 3.8) is 0 Å². The fourth-order valence-corrected chi connectivity index (χ4v) is 0. The highest BCUT2D eigenvalue weighted by Crippen LogP contribution is 1.78. The Kier molecular flexibility index (Phi) is 1.39. The van der Waals surface area contributed by atoms with Crippen LogP contribution in [0, 0.1) is 5.41 Å². The van der Waals surface area contributed by atoms with E-state index in [4.69, 9.17) is 11.1 Å². The number of hydrogen-bond acceptors (Lipinski definition) is 1. The third-order valence-electron chi connectivity index (χ3n) is 0.460. The lowest BCUT2D eigenvalue weighted by Crippen LogP contribution is -2.08. The first kappa shape index (κ1) is 5.21. The summed E-state index contributed by atoms with van der Waals surface area (Å²) in [5, 5.41) is 6.63.